The Morgan fingerprint density at radius 1 is 0.500 bits per heavy atom. The minimum atomic E-state index is -0.562. The molecule has 42 heavy (non-hydrogen) atoms. The van der Waals surface area contributed by atoms with Gasteiger partial charge in [-0.3, -0.25) is 0 Å². The Kier molecular flexibility index (Phi) is 5.35. The molecule has 0 saturated heterocycles. The van der Waals surface area contributed by atoms with Crippen molar-refractivity contribution >= 4 is 22.2 Å². The fourth-order valence-corrected chi connectivity index (χ4v) is 6.90. The Balaban J connectivity index is 1.29. The van der Waals surface area contributed by atoms with Gasteiger partial charge in [-0.05, 0) is 57.3 Å². The van der Waals surface area contributed by atoms with Gasteiger partial charge in [-0.1, -0.05) is 121 Å². The lowest BCUT2D eigenvalue weighted by Crippen LogP contribution is -2.32. The third-order valence-corrected chi connectivity index (χ3v) is 8.66. The van der Waals surface area contributed by atoms with Gasteiger partial charge in [-0.2, -0.15) is 0 Å². The Labute approximate surface area is 244 Å². The molecule has 3 heteroatoms. The summed E-state index contributed by atoms with van der Waals surface area (Å²) in [6.45, 7) is 0. The van der Waals surface area contributed by atoms with Crippen LogP contribution in [0.2, 0.25) is 0 Å². The first kappa shape index (κ1) is 24.3. The lowest BCUT2D eigenvalue weighted by atomic mass is 9.65. The highest BCUT2D eigenvalue weighted by Gasteiger charge is 2.51. The highest BCUT2D eigenvalue weighted by Crippen LogP contribution is 2.62. The molecule has 0 aromatic heterocycles. The van der Waals surface area contributed by atoms with Crippen molar-refractivity contribution in [2.24, 2.45) is 0 Å². The monoisotopic (exact) mass is 538 g/mol. The molecule has 1 aliphatic heterocycles. The van der Waals surface area contributed by atoms with Gasteiger partial charge in [0, 0.05) is 22.3 Å². The number of hydrogen-bond donors (Lipinski definition) is 2. The van der Waals surface area contributed by atoms with Crippen LogP contribution >= 0.6 is 0 Å². The summed E-state index contributed by atoms with van der Waals surface area (Å²) < 4.78 is 6.67. The molecule has 0 fully saturated rings. The van der Waals surface area contributed by atoms with E-state index in [-0.39, 0.29) is 0 Å². The summed E-state index contributed by atoms with van der Waals surface area (Å²) >= 11 is 0. The number of ether oxygens (including phenoxy) is 1. The minimum absolute atomic E-state index is 0.297. The number of nitrogens with one attached hydrogen (secondary N) is 2. The Morgan fingerprint density at radius 2 is 1.02 bits per heavy atom. The van der Waals surface area contributed by atoms with Gasteiger partial charge in [0.1, 0.15) is 11.5 Å². The average Bonchev–Trinajstić information content (AvgIpc) is 3.34. The zero-order valence-electron chi connectivity index (χ0n) is 22.8. The number of fused-ring (bicyclic) bond motifs is 10. The van der Waals surface area contributed by atoms with Crippen LogP contribution in [-0.2, 0) is 5.41 Å². The lowest BCUT2D eigenvalue weighted by Gasteiger charge is -2.40. The quantitative estimate of drug-likeness (QED) is 0.216. The van der Waals surface area contributed by atoms with Crippen molar-refractivity contribution in [2.45, 2.75) is 5.41 Å². The van der Waals surface area contributed by atoms with Gasteiger partial charge in [-0.15, -0.1) is 0 Å². The van der Waals surface area contributed by atoms with E-state index in [1.807, 2.05) is 54.6 Å². The molecule has 1 heterocycles. The maximum absolute atomic E-state index is 9.16. The van der Waals surface area contributed by atoms with Crippen LogP contribution in [0.3, 0.4) is 0 Å². The molecule has 2 N–H and O–H groups in total. The number of benzene rings is 6. The molecule has 6 aromatic carbocycles. The fraction of sp³-hybridized carbons (Fsp3) is 0.0256. The summed E-state index contributed by atoms with van der Waals surface area (Å²) in [5, 5.41) is 20.1. The minimum Gasteiger partial charge on any atom is -0.456 e. The SMILES string of the molecule is N=C(/C=C\C(=N)c1cccc2ccccc12)c1cccc2c1Oc1ccccc1C21c2ccccc2-c2ccccc21. The van der Waals surface area contributed by atoms with E-state index >= 15 is 0 Å². The second-order valence-electron chi connectivity index (χ2n) is 10.8. The molecule has 0 amide bonds. The van der Waals surface area contributed by atoms with Crippen LogP contribution in [-0.4, -0.2) is 11.4 Å². The summed E-state index contributed by atoms with van der Waals surface area (Å²) in [6.07, 6.45) is 3.43. The maximum atomic E-state index is 9.16. The summed E-state index contributed by atoms with van der Waals surface area (Å²) in [4.78, 5) is 0. The molecule has 1 aliphatic carbocycles. The first-order valence-electron chi connectivity index (χ1n) is 14.1. The molecule has 3 nitrogen and oxygen atoms in total. The van der Waals surface area contributed by atoms with Crippen molar-refractivity contribution in [2.75, 3.05) is 0 Å². The number of rotatable bonds is 4. The first-order chi connectivity index (χ1) is 20.7. The Bertz CT molecular complexity index is 2070. The second-order valence-corrected chi connectivity index (χ2v) is 10.8. The fourth-order valence-electron chi connectivity index (χ4n) is 6.90. The van der Waals surface area contributed by atoms with Gasteiger partial charge in [0.25, 0.3) is 0 Å². The van der Waals surface area contributed by atoms with Crippen molar-refractivity contribution in [1.29, 1.82) is 10.8 Å². The molecule has 2 aliphatic rings. The smallest absolute Gasteiger partial charge is 0.141 e. The molecule has 0 radical (unpaired) electrons. The molecule has 0 saturated carbocycles. The Hall–Kier alpha value is -5.54. The molecular weight excluding hydrogens is 512 g/mol. The van der Waals surface area contributed by atoms with E-state index in [9.17, 15) is 0 Å². The van der Waals surface area contributed by atoms with Crippen LogP contribution in [0.1, 0.15) is 33.4 Å². The van der Waals surface area contributed by atoms with E-state index in [0.29, 0.717) is 22.7 Å². The Morgan fingerprint density at radius 3 is 1.79 bits per heavy atom. The van der Waals surface area contributed by atoms with Gasteiger partial charge < -0.3 is 15.6 Å². The molecule has 6 aromatic rings. The topological polar surface area (TPSA) is 56.9 Å². The number of allylic oxidation sites excluding steroid dienone is 2. The van der Waals surface area contributed by atoms with Crippen LogP contribution in [0.5, 0.6) is 11.5 Å². The van der Waals surface area contributed by atoms with Crippen LogP contribution in [0, 0.1) is 10.8 Å². The van der Waals surface area contributed by atoms with Crippen LogP contribution in [0.15, 0.2) is 146 Å². The van der Waals surface area contributed by atoms with Crippen molar-refractivity contribution in [3.8, 4) is 22.6 Å². The van der Waals surface area contributed by atoms with Gasteiger partial charge in [0.05, 0.1) is 16.8 Å². The molecule has 0 unspecified atom stereocenters. The van der Waals surface area contributed by atoms with E-state index in [0.717, 1.165) is 33.2 Å². The van der Waals surface area contributed by atoms with Gasteiger partial charge in [-0.25, -0.2) is 0 Å². The standard InChI is InChI=1S/C39H26N2O/c40-35(29-16-9-12-25-11-1-2-13-26(25)29)23-24-36(41)30-17-10-21-34-38(30)42-37-22-8-7-20-33(37)39(34)31-18-5-3-14-27(31)28-15-4-6-19-32(28)39/h1-24,40-41H/b24-23-,40-35?,41-36?. The predicted molar refractivity (Wildman–Crippen MR) is 171 cm³/mol. The van der Waals surface area contributed by atoms with E-state index in [4.69, 9.17) is 15.6 Å². The molecular formula is C39H26N2O. The van der Waals surface area contributed by atoms with E-state index in [1.54, 1.807) is 12.2 Å². The van der Waals surface area contributed by atoms with Gasteiger partial charge in [0.15, 0.2) is 0 Å². The summed E-state index contributed by atoms with van der Waals surface area (Å²) in [6, 6.07) is 45.7. The third kappa shape index (κ3) is 3.34. The number of hydrogen-bond acceptors (Lipinski definition) is 3. The molecule has 8 rings (SSSR count). The van der Waals surface area contributed by atoms with E-state index in [1.165, 1.54) is 22.3 Å². The van der Waals surface area contributed by atoms with E-state index in [2.05, 4.69) is 78.9 Å². The van der Waals surface area contributed by atoms with Crippen LogP contribution in [0.25, 0.3) is 21.9 Å². The van der Waals surface area contributed by atoms with Crippen LogP contribution in [0.4, 0.5) is 0 Å². The van der Waals surface area contributed by atoms with Crippen molar-refractivity contribution < 1.29 is 4.74 Å². The largest absolute Gasteiger partial charge is 0.456 e. The zero-order valence-corrected chi connectivity index (χ0v) is 22.8. The van der Waals surface area contributed by atoms with Gasteiger partial charge >= 0.3 is 0 Å². The normalized spacial score (nSPS) is 13.7. The molecule has 0 atom stereocenters. The summed E-state index contributed by atoms with van der Waals surface area (Å²) in [5.41, 5.74) is 8.66. The van der Waals surface area contributed by atoms with Crippen molar-refractivity contribution in [1.82, 2.24) is 0 Å². The van der Waals surface area contributed by atoms with Crippen molar-refractivity contribution in [3.63, 3.8) is 0 Å². The summed E-state index contributed by atoms with van der Waals surface area (Å²) in [7, 11) is 0. The molecule has 0 bridgehead atoms. The third-order valence-electron chi connectivity index (χ3n) is 8.66. The highest BCUT2D eigenvalue weighted by molar-refractivity contribution is 6.18. The number of para-hydroxylation sites is 2. The molecule has 198 valence electrons. The zero-order chi connectivity index (χ0) is 28.3. The first-order valence-corrected chi connectivity index (χ1v) is 14.1. The average molecular weight is 539 g/mol. The highest BCUT2D eigenvalue weighted by atomic mass is 16.5. The second kappa shape index (κ2) is 9.25. The van der Waals surface area contributed by atoms with Crippen LogP contribution < -0.4 is 4.74 Å². The van der Waals surface area contributed by atoms with E-state index < -0.39 is 5.41 Å². The summed E-state index contributed by atoms with van der Waals surface area (Å²) in [5.74, 6) is 1.48. The molecule has 1 spiro atoms. The lowest BCUT2D eigenvalue weighted by molar-refractivity contribution is 0.435. The van der Waals surface area contributed by atoms with Crippen molar-refractivity contribution in [3.05, 3.63) is 179 Å². The predicted octanol–water partition coefficient (Wildman–Crippen LogP) is 9.30. The maximum Gasteiger partial charge on any atom is 0.141 e. The van der Waals surface area contributed by atoms with Gasteiger partial charge in [0.2, 0.25) is 0 Å².